The van der Waals surface area contributed by atoms with Crippen LogP contribution in [-0.2, 0) is 14.2 Å². The highest BCUT2D eigenvalue weighted by atomic mass is 16.5. The van der Waals surface area contributed by atoms with E-state index in [-0.39, 0.29) is 25.9 Å². The zero-order chi connectivity index (χ0) is 14.8. The second kappa shape index (κ2) is 20.1. The molecular formula is C13H30O6. The topological polar surface area (TPSA) is 88.4 Å². The first-order valence-electron chi connectivity index (χ1n) is 6.77. The number of rotatable bonds is 12. The molecule has 0 rings (SSSR count). The molecule has 118 valence electrons. The van der Waals surface area contributed by atoms with Crippen molar-refractivity contribution >= 4 is 0 Å². The van der Waals surface area contributed by atoms with Crippen LogP contribution in [0.15, 0.2) is 0 Å². The Morgan fingerprint density at radius 3 is 1.84 bits per heavy atom. The van der Waals surface area contributed by atoms with Crippen molar-refractivity contribution in [3.63, 3.8) is 0 Å². The van der Waals surface area contributed by atoms with Crippen molar-refractivity contribution in [3.8, 4) is 0 Å². The SMILES string of the molecule is CCCCC(COCCO)OC.OCCOCCO. The van der Waals surface area contributed by atoms with E-state index in [1.54, 1.807) is 7.11 Å². The summed E-state index contributed by atoms with van der Waals surface area (Å²) >= 11 is 0. The van der Waals surface area contributed by atoms with Crippen LogP contribution in [0.4, 0.5) is 0 Å². The molecule has 0 fully saturated rings. The molecule has 0 saturated carbocycles. The molecule has 0 aliphatic heterocycles. The molecule has 0 aliphatic rings. The van der Waals surface area contributed by atoms with Crippen LogP contribution in [0, 0.1) is 0 Å². The minimum atomic E-state index is 0.0278. The van der Waals surface area contributed by atoms with Gasteiger partial charge in [-0.3, -0.25) is 0 Å². The van der Waals surface area contributed by atoms with Crippen molar-refractivity contribution in [2.24, 2.45) is 0 Å². The minimum Gasteiger partial charge on any atom is -0.394 e. The predicted molar refractivity (Wildman–Crippen MR) is 73.2 cm³/mol. The fourth-order valence-electron chi connectivity index (χ4n) is 1.21. The Bertz CT molecular complexity index is 141. The van der Waals surface area contributed by atoms with Gasteiger partial charge in [0.2, 0.25) is 0 Å². The van der Waals surface area contributed by atoms with Gasteiger partial charge < -0.3 is 29.5 Å². The molecule has 0 amide bonds. The summed E-state index contributed by atoms with van der Waals surface area (Å²) in [6.45, 7) is 3.94. The summed E-state index contributed by atoms with van der Waals surface area (Å²) in [5, 5.41) is 24.6. The summed E-state index contributed by atoms with van der Waals surface area (Å²) in [5.41, 5.74) is 0. The van der Waals surface area contributed by atoms with E-state index in [2.05, 4.69) is 11.7 Å². The molecule has 0 spiro atoms. The number of methoxy groups -OCH3 is 1. The smallest absolute Gasteiger partial charge is 0.0804 e. The molecule has 0 bridgehead atoms. The van der Waals surface area contributed by atoms with Gasteiger partial charge in [0.25, 0.3) is 0 Å². The maximum Gasteiger partial charge on any atom is 0.0804 e. The van der Waals surface area contributed by atoms with Gasteiger partial charge >= 0.3 is 0 Å². The predicted octanol–water partition coefficient (Wildman–Crippen LogP) is 0.188. The molecule has 0 aromatic carbocycles. The van der Waals surface area contributed by atoms with Crippen LogP contribution in [0.1, 0.15) is 26.2 Å². The number of ether oxygens (including phenoxy) is 3. The van der Waals surface area contributed by atoms with Crippen LogP contribution in [0.2, 0.25) is 0 Å². The maximum absolute atomic E-state index is 8.46. The highest BCUT2D eigenvalue weighted by molar-refractivity contribution is 4.55. The lowest BCUT2D eigenvalue weighted by Gasteiger charge is -2.14. The Morgan fingerprint density at radius 1 is 0.895 bits per heavy atom. The van der Waals surface area contributed by atoms with E-state index >= 15 is 0 Å². The molecule has 0 heterocycles. The van der Waals surface area contributed by atoms with Crippen molar-refractivity contribution in [1.82, 2.24) is 0 Å². The molecule has 0 aliphatic carbocycles. The van der Waals surface area contributed by atoms with E-state index in [4.69, 9.17) is 24.8 Å². The second-order valence-corrected chi connectivity index (χ2v) is 3.86. The number of aliphatic hydroxyl groups excluding tert-OH is 3. The van der Waals surface area contributed by atoms with Crippen molar-refractivity contribution in [1.29, 1.82) is 0 Å². The van der Waals surface area contributed by atoms with Gasteiger partial charge in [0.1, 0.15) is 0 Å². The van der Waals surface area contributed by atoms with Gasteiger partial charge in [-0.1, -0.05) is 19.8 Å². The largest absolute Gasteiger partial charge is 0.394 e. The highest BCUT2D eigenvalue weighted by Gasteiger charge is 2.05. The average Bonchev–Trinajstić information content (AvgIpc) is 2.44. The standard InChI is InChI=1S/C9H20O3.C4H10O3/c1-3-4-5-9(11-2)8-12-7-6-10;5-1-3-7-4-2-6/h9-10H,3-8H2,1-2H3;5-6H,1-4H2. The van der Waals surface area contributed by atoms with E-state index in [0.717, 1.165) is 6.42 Å². The fraction of sp³-hybridized carbons (Fsp3) is 1.00. The lowest BCUT2D eigenvalue weighted by molar-refractivity contribution is -0.00622. The van der Waals surface area contributed by atoms with Gasteiger partial charge in [-0.15, -0.1) is 0 Å². The third-order valence-electron chi connectivity index (χ3n) is 2.22. The van der Waals surface area contributed by atoms with Gasteiger partial charge in [-0.25, -0.2) is 0 Å². The molecule has 1 unspecified atom stereocenters. The van der Waals surface area contributed by atoms with E-state index in [1.807, 2.05) is 0 Å². The zero-order valence-corrected chi connectivity index (χ0v) is 12.2. The van der Waals surface area contributed by atoms with E-state index < -0.39 is 0 Å². The summed E-state index contributed by atoms with van der Waals surface area (Å²) in [4.78, 5) is 0. The quantitative estimate of drug-likeness (QED) is 0.443. The first-order chi connectivity index (χ1) is 9.26. The van der Waals surface area contributed by atoms with Crippen LogP contribution >= 0.6 is 0 Å². The van der Waals surface area contributed by atoms with Crippen molar-refractivity contribution < 1.29 is 29.5 Å². The first kappa shape index (κ1) is 21.1. The molecule has 3 N–H and O–H groups in total. The van der Waals surface area contributed by atoms with Crippen LogP contribution in [0.5, 0.6) is 0 Å². The molecule has 0 aromatic rings. The van der Waals surface area contributed by atoms with Crippen molar-refractivity contribution in [2.45, 2.75) is 32.3 Å². The van der Waals surface area contributed by atoms with Crippen LogP contribution < -0.4 is 0 Å². The van der Waals surface area contributed by atoms with Gasteiger partial charge in [-0.2, -0.15) is 0 Å². The van der Waals surface area contributed by atoms with Crippen LogP contribution in [-0.4, -0.2) is 74.8 Å². The first-order valence-corrected chi connectivity index (χ1v) is 6.77. The highest BCUT2D eigenvalue weighted by Crippen LogP contribution is 2.03. The van der Waals surface area contributed by atoms with Gasteiger partial charge in [0.05, 0.1) is 52.4 Å². The minimum absolute atomic E-state index is 0.0278. The molecule has 1 atom stereocenters. The third kappa shape index (κ3) is 20.2. The lowest BCUT2D eigenvalue weighted by Crippen LogP contribution is -2.19. The van der Waals surface area contributed by atoms with E-state index in [9.17, 15) is 0 Å². The molecule has 6 heteroatoms. The summed E-state index contributed by atoms with van der Waals surface area (Å²) in [6.07, 6.45) is 3.58. The Kier molecular flexibility index (Phi) is 22.3. The summed E-state index contributed by atoms with van der Waals surface area (Å²) in [7, 11) is 1.70. The Morgan fingerprint density at radius 2 is 1.42 bits per heavy atom. The molecule has 19 heavy (non-hydrogen) atoms. The van der Waals surface area contributed by atoms with Crippen molar-refractivity contribution in [3.05, 3.63) is 0 Å². The number of aliphatic hydroxyl groups is 3. The molecular weight excluding hydrogens is 252 g/mol. The van der Waals surface area contributed by atoms with Gasteiger partial charge in [-0.05, 0) is 6.42 Å². The van der Waals surface area contributed by atoms with E-state index in [0.29, 0.717) is 26.4 Å². The number of unbranched alkanes of at least 4 members (excludes halogenated alkanes) is 1. The molecule has 6 nitrogen and oxygen atoms in total. The van der Waals surface area contributed by atoms with Crippen LogP contribution in [0.3, 0.4) is 0 Å². The average molecular weight is 282 g/mol. The maximum atomic E-state index is 8.46. The number of hydrogen-bond acceptors (Lipinski definition) is 6. The van der Waals surface area contributed by atoms with Gasteiger partial charge in [0, 0.05) is 7.11 Å². The van der Waals surface area contributed by atoms with Gasteiger partial charge in [0.15, 0.2) is 0 Å². The second-order valence-electron chi connectivity index (χ2n) is 3.86. The Hall–Kier alpha value is -0.240. The Labute approximate surface area is 116 Å². The molecule has 0 radical (unpaired) electrons. The van der Waals surface area contributed by atoms with Crippen LogP contribution in [0.25, 0.3) is 0 Å². The third-order valence-corrected chi connectivity index (χ3v) is 2.22. The number of hydrogen-bond donors (Lipinski definition) is 3. The summed E-state index contributed by atoms with van der Waals surface area (Å²) in [5.74, 6) is 0. The van der Waals surface area contributed by atoms with E-state index in [1.165, 1.54) is 12.8 Å². The zero-order valence-electron chi connectivity index (χ0n) is 12.2. The molecule has 0 aromatic heterocycles. The lowest BCUT2D eigenvalue weighted by atomic mass is 10.2. The monoisotopic (exact) mass is 282 g/mol. The Balaban J connectivity index is 0. The fourth-order valence-corrected chi connectivity index (χ4v) is 1.21. The normalized spacial score (nSPS) is 11.8. The summed E-state index contributed by atoms with van der Waals surface area (Å²) in [6, 6.07) is 0. The molecule has 0 saturated heterocycles. The summed E-state index contributed by atoms with van der Waals surface area (Å²) < 4.78 is 15.0. The van der Waals surface area contributed by atoms with Crippen molar-refractivity contribution in [2.75, 3.05) is 53.4 Å².